The molecule has 2 rings (SSSR count). The molecule has 21 heavy (non-hydrogen) atoms. The Hall–Kier alpha value is -2.11. The van der Waals surface area contributed by atoms with Gasteiger partial charge in [0.2, 0.25) is 5.89 Å². The van der Waals surface area contributed by atoms with Crippen molar-refractivity contribution < 1.29 is 4.42 Å². The lowest BCUT2D eigenvalue weighted by Crippen LogP contribution is -2.10. The van der Waals surface area contributed by atoms with Crippen molar-refractivity contribution in [3.8, 4) is 0 Å². The van der Waals surface area contributed by atoms with Crippen LogP contribution >= 0.6 is 0 Å². The minimum absolute atomic E-state index is 0.520. The summed E-state index contributed by atoms with van der Waals surface area (Å²) >= 11 is 0. The Bertz CT molecular complexity index is 574. The second-order valence-corrected chi connectivity index (χ2v) is 4.93. The van der Waals surface area contributed by atoms with E-state index in [4.69, 9.17) is 4.42 Å². The predicted octanol–water partition coefficient (Wildman–Crippen LogP) is 3.08. The molecule has 0 bridgehead atoms. The molecule has 0 amide bonds. The second kappa shape index (κ2) is 7.06. The summed E-state index contributed by atoms with van der Waals surface area (Å²) in [7, 11) is 0. The third-order valence-corrected chi connectivity index (χ3v) is 3.32. The second-order valence-electron chi connectivity index (χ2n) is 4.93. The van der Waals surface area contributed by atoms with E-state index < -0.39 is 0 Å². The summed E-state index contributed by atoms with van der Waals surface area (Å²) in [5.74, 6) is 3.26. The monoisotopic (exact) mass is 289 g/mol. The van der Waals surface area contributed by atoms with E-state index >= 15 is 0 Å². The molecular formula is C15H23N5O. The Kier molecular flexibility index (Phi) is 5.14. The van der Waals surface area contributed by atoms with Gasteiger partial charge in [0.25, 0.3) is 0 Å². The average Bonchev–Trinajstić information content (AvgIpc) is 2.81. The molecule has 2 heterocycles. The predicted molar refractivity (Wildman–Crippen MR) is 83.5 cm³/mol. The van der Waals surface area contributed by atoms with E-state index in [-0.39, 0.29) is 0 Å². The van der Waals surface area contributed by atoms with Crippen LogP contribution in [0.1, 0.15) is 43.2 Å². The molecule has 0 fully saturated rings. The molecule has 2 aromatic rings. The van der Waals surface area contributed by atoms with Gasteiger partial charge in [-0.3, -0.25) is 0 Å². The Morgan fingerprint density at radius 3 is 2.38 bits per heavy atom. The van der Waals surface area contributed by atoms with Gasteiger partial charge in [-0.2, -0.15) is 0 Å². The van der Waals surface area contributed by atoms with Crippen molar-refractivity contribution >= 4 is 11.6 Å². The zero-order chi connectivity index (χ0) is 15.2. The molecule has 0 aliphatic rings. The van der Waals surface area contributed by atoms with Gasteiger partial charge in [-0.05, 0) is 26.7 Å². The topological polar surface area (TPSA) is 75.9 Å². The Morgan fingerprint density at radius 2 is 1.81 bits per heavy atom. The van der Waals surface area contributed by atoms with Crippen LogP contribution in [-0.4, -0.2) is 21.5 Å². The molecule has 0 atom stereocenters. The summed E-state index contributed by atoms with van der Waals surface area (Å²) in [5, 5.41) is 6.63. The van der Waals surface area contributed by atoms with Crippen molar-refractivity contribution in [2.75, 3.05) is 17.2 Å². The van der Waals surface area contributed by atoms with Gasteiger partial charge >= 0.3 is 0 Å². The van der Waals surface area contributed by atoms with Gasteiger partial charge in [-0.25, -0.2) is 15.0 Å². The highest BCUT2D eigenvalue weighted by atomic mass is 16.4. The van der Waals surface area contributed by atoms with E-state index in [0.717, 1.165) is 48.0 Å². The summed E-state index contributed by atoms with van der Waals surface area (Å²) in [6.07, 6.45) is 3.50. The van der Waals surface area contributed by atoms with Crippen molar-refractivity contribution in [2.24, 2.45) is 0 Å². The largest absolute Gasteiger partial charge is 0.444 e. The molecule has 0 saturated heterocycles. The SMILES string of the molecule is CCCNc1ncnc(NCc2nc(C)c(C)o2)c1CC. The minimum atomic E-state index is 0.520. The minimum Gasteiger partial charge on any atom is -0.444 e. The number of aryl methyl sites for hydroxylation is 2. The van der Waals surface area contributed by atoms with Gasteiger partial charge in [-0.15, -0.1) is 0 Å². The van der Waals surface area contributed by atoms with E-state index in [9.17, 15) is 0 Å². The van der Waals surface area contributed by atoms with Gasteiger partial charge in [-0.1, -0.05) is 13.8 Å². The van der Waals surface area contributed by atoms with Gasteiger partial charge in [0.15, 0.2) is 0 Å². The van der Waals surface area contributed by atoms with E-state index in [0.29, 0.717) is 12.4 Å². The summed E-state index contributed by atoms with van der Waals surface area (Å²) in [4.78, 5) is 13.0. The first-order valence-corrected chi connectivity index (χ1v) is 7.40. The number of nitrogens with one attached hydrogen (secondary N) is 2. The molecule has 114 valence electrons. The average molecular weight is 289 g/mol. The fourth-order valence-corrected chi connectivity index (χ4v) is 2.07. The number of anilines is 2. The summed E-state index contributed by atoms with van der Waals surface area (Å²) < 4.78 is 5.57. The Balaban J connectivity index is 2.11. The van der Waals surface area contributed by atoms with Crippen LogP contribution < -0.4 is 10.6 Å². The number of aromatic nitrogens is 3. The molecule has 2 N–H and O–H groups in total. The highest BCUT2D eigenvalue weighted by Gasteiger charge is 2.11. The molecule has 0 aliphatic carbocycles. The van der Waals surface area contributed by atoms with Crippen LogP contribution in [0.2, 0.25) is 0 Å². The molecule has 6 heteroatoms. The zero-order valence-electron chi connectivity index (χ0n) is 13.2. The maximum atomic E-state index is 5.57. The maximum Gasteiger partial charge on any atom is 0.213 e. The Morgan fingerprint density at radius 1 is 1.10 bits per heavy atom. The molecular weight excluding hydrogens is 266 g/mol. The van der Waals surface area contributed by atoms with Crippen LogP contribution in [0.15, 0.2) is 10.7 Å². The van der Waals surface area contributed by atoms with Crippen molar-refractivity contribution in [1.29, 1.82) is 0 Å². The van der Waals surface area contributed by atoms with Crippen LogP contribution in [0, 0.1) is 13.8 Å². The van der Waals surface area contributed by atoms with Crippen molar-refractivity contribution in [3.63, 3.8) is 0 Å². The molecule has 0 saturated carbocycles. The number of oxazole rings is 1. The van der Waals surface area contributed by atoms with Crippen molar-refractivity contribution in [3.05, 3.63) is 29.2 Å². The first-order chi connectivity index (χ1) is 10.2. The highest BCUT2D eigenvalue weighted by molar-refractivity contribution is 5.57. The van der Waals surface area contributed by atoms with E-state index in [1.54, 1.807) is 6.33 Å². The third kappa shape index (κ3) is 3.71. The molecule has 0 spiro atoms. The standard InChI is InChI=1S/C15H23N5O/c1-5-7-16-14-12(6-2)15(19-9-18-14)17-8-13-20-10(3)11(4)21-13/h9H,5-8H2,1-4H3,(H2,16,17,18,19). The first kappa shape index (κ1) is 15.3. The summed E-state index contributed by atoms with van der Waals surface area (Å²) in [5.41, 5.74) is 2.02. The number of nitrogens with zero attached hydrogens (tertiary/aromatic N) is 3. The molecule has 0 aliphatic heterocycles. The van der Waals surface area contributed by atoms with E-state index in [2.05, 4.69) is 39.4 Å². The lowest BCUT2D eigenvalue weighted by atomic mass is 10.2. The molecule has 2 aromatic heterocycles. The molecule has 0 radical (unpaired) electrons. The zero-order valence-corrected chi connectivity index (χ0v) is 13.2. The van der Waals surface area contributed by atoms with Crippen LogP contribution in [0.3, 0.4) is 0 Å². The number of hydrogen-bond donors (Lipinski definition) is 2. The lowest BCUT2D eigenvalue weighted by Gasteiger charge is -2.13. The third-order valence-electron chi connectivity index (χ3n) is 3.32. The van der Waals surface area contributed by atoms with Crippen LogP contribution in [0.5, 0.6) is 0 Å². The van der Waals surface area contributed by atoms with Gasteiger partial charge < -0.3 is 15.1 Å². The fourth-order valence-electron chi connectivity index (χ4n) is 2.07. The van der Waals surface area contributed by atoms with Gasteiger partial charge in [0.1, 0.15) is 23.7 Å². The van der Waals surface area contributed by atoms with Crippen molar-refractivity contribution in [2.45, 2.75) is 47.1 Å². The van der Waals surface area contributed by atoms with E-state index in [1.165, 1.54) is 0 Å². The number of rotatable bonds is 7. The van der Waals surface area contributed by atoms with Crippen LogP contribution in [0.25, 0.3) is 0 Å². The van der Waals surface area contributed by atoms with Crippen LogP contribution in [-0.2, 0) is 13.0 Å². The first-order valence-electron chi connectivity index (χ1n) is 7.40. The molecule has 6 nitrogen and oxygen atoms in total. The summed E-state index contributed by atoms with van der Waals surface area (Å²) in [6.45, 7) is 9.51. The van der Waals surface area contributed by atoms with E-state index in [1.807, 2.05) is 13.8 Å². The van der Waals surface area contributed by atoms with Crippen LogP contribution in [0.4, 0.5) is 11.6 Å². The lowest BCUT2D eigenvalue weighted by molar-refractivity contribution is 0.478. The summed E-state index contributed by atoms with van der Waals surface area (Å²) in [6, 6.07) is 0. The number of hydrogen-bond acceptors (Lipinski definition) is 6. The highest BCUT2D eigenvalue weighted by Crippen LogP contribution is 2.21. The van der Waals surface area contributed by atoms with Gasteiger partial charge in [0.05, 0.1) is 12.2 Å². The Labute approximate surface area is 125 Å². The normalized spacial score (nSPS) is 10.7. The molecule has 0 aromatic carbocycles. The fraction of sp³-hybridized carbons (Fsp3) is 0.533. The van der Waals surface area contributed by atoms with Crippen molar-refractivity contribution in [1.82, 2.24) is 15.0 Å². The van der Waals surface area contributed by atoms with Gasteiger partial charge in [0, 0.05) is 12.1 Å². The smallest absolute Gasteiger partial charge is 0.213 e. The maximum absolute atomic E-state index is 5.57. The quantitative estimate of drug-likeness (QED) is 0.815. The molecule has 0 unspecified atom stereocenters.